The molecule has 0 unspecified atom stereocenters. The summed E-state index contributed by atoms with van der Waals surface area (Å²) in [6.45, 7) is 3.74. The van der Waals surface area contributed by atoms with E-state index in [9.17, 15) is 23.7 Å². The molecule has 0 atom stereocenters. The predicted molar refractivity (Wildman–Crippen MR) is 103 cm³/mol. The van der Waals surface area contributed by atoms with Gasteiger partial charge in [-0.05, 0) is 65.6 Å². The molecule has 0 fully saturated rings. The van der Waals surface area contributed by atoms with Gasteiger partial charge in [-0.1, -0.05) is 26.0 Å². The molecule has 3 N–H and O–H groups in total. The van der Waals surface area contributed by atoms with Crippen LogP contribution >= 0.6 is 0 Å². The molecule has 0 bridgehead atoms. The highest BCUT2D eigenvalue weighted by atomic mass is 32.2. The lowest BCUT2D eigenvalue weighted by atomic mass is 10.0. The summed E-state index contributed by atoms with van der Waals surface area (Å²) in [5.41, 5.74) is 1.42. The number of hydrogen-bond donors (Lipinski definition) is 3. The molecule has 0 aliphatic rings. The van der Waals surface area contributed by atoms with Gasteiger partial charge in [0, 0.05) is 5.56 Å². The van der Waals surface area contributed by atoms with E-state index in [0.29, 0.717) is 16.7 Å². The van der Waals surface area contributed by atoms with E-state index >= 15 is 0 Å². The van der Waals surface area contributed by atoms with E-state index in [2.05, 4.69) is 0 Å². The zero-order valence-corrected chi connectivity index (χ0v) is 15.7. The summed E-state index contributed by atoms with van der Waals surface area (Å²) in [5, 5.41) is 29.3. The Morgan fingerprint density at radius 1 is 0.778 bits per heavy atom. The predicted octanol–water partition coefficient (Wildman–Crippen LogP) is 4.43. The van der Waals surface area contributed by atoms with E-state index in [1.807, 2.05) is 13.8 Å². The summed E-state index contributed by atoms with van der Waals surface area (Å²) in [5.74, 6) is -0.000952. The molecule has 0 spiro atoms. The van der Waals surface area contributed by atoms with Crippen LogP contribution in [0.5, 0.6) is 17.2 Å². The van der Waals surface area contributed by atoms with Gasteiger partial charge in [-0.2, -0.15) is 0 Å². The van der Waals surface area contributed by atoms with Gasteiger partial charge in [0.1, 0.15) is 17.2 Å². The maximum absolute atomic E-state index is 13.3. The first kappa shape index (κ1) is 18.8. The lowest BCUT2D eigenvalue weighted by molar-refractivity contribution is 0.464. The van der Waals surface area contributed by atoms with E-state index in [1.165, 1.54) is 48.5 Å². The second-order valence-electron chi connectivity index (χ2n) is 6.61. The van der Waals surface area contributed by atoms with Crippen molar-refractivity contribution in [3.05, 3.63) is 66.2 Å². The Labute approximate surface area is 158 Å². The van der Waals surface area contributed by atoms with E-state index in [4.69, 9.17) is 0 Å². The fraction of sp³-hybridized carbons (Fsp3) is 0.143. The average molecular weight is 384 g/mol. The van der Waals surface area contributed by atoms with Crippen molar-refractivity contribution in [3.63, 3.8) is 0 Å². The molecule has 0 radical (unpaired) electrons. The van der Waals surface area contributed by atoms with Crippen LogP contribution in [0.25, 0.3) is 11.1 Å². The first-order valence-electron chi connectivity index (χ1n) is 8.40. The van der Waals surface area contributed by atoms with Crippen LogP contribution in [0.15, 0.2) is 70.5 Å². The van der Waals surface area contributed by atoms with E-state index in [1.54, 1.807) is 12.1 Å². The first-order valence-corrected chi connectivity index (χ1v) is 9.89. The third-order valence-electron chi connectivity index (χ3n) is 4.36. The van der Waals surface area contributed by atoms with Crippen LogP contribution in [0.3, 0.4) is 0 Å². The fourth-order valence-electron chi connectivity index (χ4n) is 2.91. The van der Waals surface area contributed by atoms with Gasteiger partial charge in [0.05, 0.1) is 9.79 Å². The standard InChI is InChI=1S/C21H20O5S/c1-13(2)18-12-17(8-9-20(18)24)27(25,26)21-10-7-16(23)11-19(21)14-3-5-15(22)6-4-14/h3-13,22-24H,1-2H3. The Bertz CT molecular complexity index is 1080. The number of benzene rings is 3. The molecule has 0 heterocycles. The topological polar surface area (TPSA) is 94.8 Å². The van der Waals surface area contributed by atoms with Gasteiger partial charge < -0.3 is 15.3 Å². The number of hydrogen-bond acceptors (Lipinski definition) is 5. The molecule has 27 heavy (non-hydrogen) atoms. The lowest BCUT2D eigenvalue weighted by Gasteiger charge is -2.14. The van der Waals surface area contributed by atoms with Crippen LogP contribution in [0, 0.1) is 0 Å². The Kier molecular flexibility index (Phi) is 4.85. The smallest absolute Gasteiger partial charge is 0.207 e. The minimum absolute atomic E-state index is 0.0337. The molecule has 0 aromatic heterocycles. The van der Waals surface area contributed by atoms with Crippen molar-refractivity contribution >= 4 is 9.84 Å². The SMILES string of the molecule is CC(C)c1cc(S(=O)(=O)c2ccc(O)cc2-c2ccc(O)cc2)ccc1O. The highest BCUT2D eigenvalue weighted by Gasteiger charge is 2.24. The number of rotatable bonds is 4. The summed E-state index contributed by atoms with van der Waals surface area (Å²) in [6, 6.07) is 14.3. The maximum Gasteiger partial charge on any atom is 0.207 e. The summed E-state index contributed by atoms with van der Waals surface area (Å²) in [4.78, 5) is 0.0982. The van der Waals surface area contributed by atoms with Gasteiger partial charge in [-0.25, -0.2) is 8.42 Å². The van der Waals surface area contributed by atoms with Crippen LogP contribution in [0.2, 0.25) is 0 Å². The average Bonchev–Trinajstić information content (AvgIpc) is 2.62. The minimum Gasteiger partial charge on any atom is -0.508 e. The molecular formula is C21H20O5S. The van der Waals surface area contributed by atoms with Crippen molar-refractivity contribution in [2.24, 2.45) is 0 Å². The Morgan fingerprint density at radius 2 is 1.41 bits per heavy atom. The molecule has 140 valence electrons. The molecule has 3 aromatic carbocycles. The number of aromatic hydroxyl groups is 3. The van der Waals surface area contributed by atoms with Gasteiger partial charge in [0.15, 0.2) is 0 Å². The van der Waals surface area contributed by atoms with Crippen molar-refractivity contribution in [3.8, 4) is 28.4 Å². The van der Waals surface area contributed by atoms with Crippen molar-refractivity contribution in [1.29, 1.82) is 0 Å². The maximum atomic E-state index is 13.3. The number of sulfone groups is 1. The third-order valence-corrected chi connectivity index (χ3v) is 6.17. The second kappa shape index (κ2) is 6.96. The largest absolute Gasteiger partial charge is 0.508 e. The van der Waals surface area contributed by atoms with E-state index < -0.39 is 9.84 Å². The molecule has 0 aliphatic carbocycles. The van der Waals surface area contributed by atoms with Crippen molar-refractivity contribution in [2.75, 3.05) is 0 Å². The van der Waals surface area contributed by atoms with Gasteiger partial charge in [-0.3, -0.25) is 0 Å². The van der Waals surface area contributed by atoms with Gasteiger partial charge in [0.25, 0.3) is 0 Å². The van der Waals surface area contributed by atoms with E-state index in [0.717, 1.165) is 0 Å². The summed E-state index contributed by atoms with van der Waals surface area (Å²) >= 11 is 0. The highest BCUT2D eigenvalue weighted by molar-refractivity contribution is 7.91. The normalized spacial score (nSPS) is 11.7. The first-order chi connectivity index (χ1) is 12.7. The fourth-order valence-corrected chi connectivity index (χ4v) is 4.40. The van der Waals surface area contributed by atoms with Crippen molar-refractivity contribution in [1.82, 2.24) is 0 Å². The van der Waals surface area contributed by atoms with Gasteiger partial charge in [0.2, 0.25) is 9.84 Å². The summed E-state index contributed by atoms with van der Waals surface area (Å²) < 4.78 is 26.6. The van der Waals surface area contributed by atoms with Gasteiger partial charge in [-0.15, -0.1) is 0 Å². The zero-order valence-electron chi connectivity index (χ0n) is 14.9. The molecule has 3 aromatic rings. The third kappa shape index (κ3) is 3.61. The summed E-state index contributed by atoms with van der Waals surface area (Å²) in [7, 11) is -3.90. The molecule has 6 heteroatoms. The second-order valence-corrected chi connectivity index (χ2v) is 8.52. The van der Waals surface area contributed by atoms with Crippen LogP contribution in [0.4, 0.5) is 0 Å². The Balaban J connectivity index is 2.21. The Hall–Kier alpha value is -2.99. The monoisotopic (exact) mass is 384 g/mol. The van der Waals surface area contributed by atoms with Crippen molar-refractivity contribution < 1.29 is 23.7 Å². The van der Waals surface area contributed by atoms with E-state index in [-0.39, 0.29) is 33.0 Å². The molecular weight excluding hydrogens is 364 g/mol. The molecule has 5 nitrogen and oxygen atoms in total. The van der Waals surface area contributed by atoms with Crippen LogP contribution in [-0.2, 0) is 9.84 Å². The Morgan fingerprint density at radius 3 is 2.04 bits per heavy atom. The number of phenolic OH excluding ortho intramolecular Hbond substituents is 3. The van der Waals surface area contributed by atoms with Crippen LogP contribution in [0.1, 0.15) is 25.3 Å². The lowest BCUT2D eigenvalue weighted by Crippen LogP contribution is -2.05. The van der Waals surface area contributed by atoms with Crippen molar-refractivity contribution in [2.45, 2.75) is 29.6 Å². The molecule has 0 saturated heterocycles. The molecule has 0 amide bonds. The highest BCUT2D eigenvalue weighted by Crippen LogP contribution is 2.36. The molecule has 0 saturated carbocycles. The zero-order chi connectivity index (χ0) is 19.8. The minimum atomic E-state index is -3.90. The molecule has 0 aliphatic heterocycles. The summed E-state index contributed by atoms with van der Waals surface area (Å²) in [6.07, 6.45) is 0. The number of phenols is 3. The van der Waals surface area contributed by atoms with Crippen LogP contribution in [-0.4, -0.2) is 23.7 Å². The van der Waals surface area contributed by atoms with Gasteiger partial charge >= 0.3 is 0 Å². The molecule has 3 rings (SSSR count). The quantitative estimate of drug-likeness (QED) is 0.619. The van der Waals surface area contributed by atoms with Crippen LogP contribution < -0.4 is 0 Å².